The van der Waals surface area contributed by atoms with Crippen LogP contribution in [-0.4, -0.2) is 5.97 Å². The van der Waals surface area contributed by atoms with Gasteiger partial charge in [0.2, 0.25) is 0 Å². The lowest BCUT2D eigenvalue weighted by molar-refractivity contribution is -0.137. The van der Waals surface area contributed by atoms with Crippen molar-refractivity contribution in [3.8, 4) is 17.2 Å². The molecule has 2 aromatic rings. The van der Waals surface area contributed by atoms with Gasteiger partial charge in [0.25, 0.3) is 0 Å². The molecule has 130 valence electrons. The molecule has 0 amide bonds. The van der Waals surface area contributed by atoms with E-state index in [2.05, 4.69) is 0 Å². The highest BCUT2D eigenvalue weighted by Gasteiger charge is 2.15. The van der Waals surface area contributed by atoms with Crippen LogP contribution >= 0.6 is 0 Å². The number of para-hydroxylation sites is 1. The molecule has 0 radical (unpaired) electrons. The largest absolute Gasteiger partial charge is 0.457 e. The summed E-state index contributed by atoms with van der Waals surface area (Å²) in [4.78, 5) is 11.8. The normalized spacial score (nSPS) is 10.3. The third kappa shape index (κ3) is 4.38. The maximum atomic E-state index is 11.8. The van der Waals surface area contributed by atoms with Gasteiger partial charge in [0.1, 0.15) is 17.2 Å². The van der Waals surface area contributed by atoms with Crippen molar-refractivity contribution < 1.29 is 14.3 Å². The number of rotatable bonds is 4. The zero-order chi connectivity index (χ0) is 17.1. The van der Waals surface area contributed by atoms with E-state index in [1.807, 2.05) is 71.9 Å². The third-order valence-corrected chi connectivity index (χ3v) is 3.74. The van der Waals surface area contributed by atoms with Crippen molar-refractivity contribution in [1.82, 2.24) is 0 Å². The Morgan fingerprint density at radius 2 is 1.38 bits per heavy atom. The van der Waals surface area contributed by atoms with Gasteiger partial charge in [0.05, 0.1) is 5.92 Å². The Morgan fingerprint density at radius 1 is 0.875 bits per heavy atom. The molecular formula is C21H28O3. The van der Waals surface area contributed by atoms with Crippen LogP contribution in [0.2, 0.25) is 0 Å². The molecule has 0 unspecified atom stereocenters. The number of aryl methyl sites for hydroxylation is 4. The summed E-state index contributed by atoms with van der Waals surface area (Å²) < 4.78 is 11.6. The van der Waals surface area contributed by atoms with Gasteiger partial charge < -0.3 is 9.47 Å². The highest BCUT2D eigenvalue weighted by atomic mass is 16.5. The standard InChI is InChI=1S/C20H24O3.CH4/c1-12(2)20(21)23-19-15(5)10-17(11-16(19)6)22-18-13(3)8-7-9-14(18)4;/h7-12H,1-6H3;1H4. The lowest BCUT2D eigenvalue weighted by Crippen LogP contribution is -2.16. The van der Waals surface area contributed by atoms with Gasteiger partial charge >= 0.3 is 5.97 Å². The molecule has 0 N–H and O–H groups in total. The number of carbonyl (C=O) groups is 1. The fourth-order valence-electron chi connectivity index (χ4n) is 2.43. The first kappa shape index (κ1) is 19.8. The molecule has 0 atom stereocenters. The number of hydrogen-bond donors (Lipinski definition) is 0. The first-order chi connectivity index (χ1) is 10.8. The van der Waals surface area contributed by atoms with Crippen molar-refractivity contribution in [2.24, 2.45) is 5.92 Å². The van der Waals surface area contributed by atoms with Crippen LogP contribution in [0.3, 0.4) is 0 Å². The number of ether oxygens (including phenoxy) is 2. The summed E-state index contributed by atoms with van der Waals surface area (Å²) >= 11 is 0. The second-order valence-corrected chi connectivity index (χ2v) is 6.28. The van der Waals surface area contributed by atoms with Crippen molar-refractivity contribution in [1.29, 1.82) is 0 Å². The topological polar surface area (TPSA) is 35.5 Å². The highest BCUT2D eigenvalue weighted by molar-refractivity contribution is 5.75. The number of esters is 1. The first-order valence-corrected chi connectivity index (χ1v) is 7.86. The monoisotopic (exact) mass is 328 g/mol. The molecule has 3 heteroatoms. The summed E-state index contributed by atoms with van der Waals surface area (Å²) in [5, 5.41) is 0. The highest BCUT2D eigenvalue weighted by Crippen LogP contribution is 2.34. The number of benzene rings is 2. The average Bonchev–Trinajstić information content (AvgIpc) is 2.46. The Bertz CT molecular complexity index is 687. The maximum absolute atomic E-state index is 11.8. The van der Waals surface area contributed by atoms with Gasteiger partial charge in [-0.3, -0.25) is 4.79 Å². The predicted molar refractivity (Wildman–Crippen MR) is 99.1 cm³/mol. The van der Waals surface area contributed by atoms with Crippen LogP contribution in [0.25, 0.3) is 0 Å². The lowest BCUT2D eigenvalue weighted by atomic mass is 10.1. The Labute approximate surface area is 145 Å². The van der Waals surface area contributed by atoms with E-state index in [1.54, 1.807) is 0 Å². The van der Waals surface area contributed by atoms with Crippen LogP contribution < -0.4 is 9.47 Å². The van der Waals surface area contributed by atoms with E-state index in [4.69, 9.17) is 9.47 Å². The Morgan fingerprint density at radius 3 is 1.83 bits per heavy atom. The second-order valence-electron chi connectivity index (χ2n) is 6.28. The van der Waals surface area contributed by atoms with Crippen molar-refractivity contribution >= 4 is 5.97 Å². The average molecular weight is 328 g/mol. The molecule has 0 aliphatic carbocycles. The van der Waals surface area contributed by atoms with E-state index in [-0.39, 0.29) is 19.3 Å². The van der Waals surface area contributed by atoms with Crippen LogP contribution in [0, 0.1) is 33.6 Å². The summed E-state index contributed by atoms with van der Waals surface area (Å²) in [7, 11) is 0. The summed E-state index contributed by atoms with van der Waals surface area (Å²) in [5.41, 5.74) is 3.96. The zero-order valence-electron chi connectivity index (χ0n) is 14.7. The van der Waals surface area contributed by atoms with Gasteiger partial charge in [0.15, 0.2) is 0 Å². The molecule has 3 nitrogen and oxygen atoms in total. The smallest absolute Gasteiger partial charge is 0.313 e. The Balaban J connectivity index is 0.00000288. The van der Waals surface area contributed by atoms with Crippen molar-refractivity contribution in [2.45, 2.75) is 49.0 Å². The van der Waals surface area contributed by atoms with Crippen molar-refractivity contribution in [2.75, 3.05) is 0 Å². The second kappa shape index (κ2) is 8.00. The van der Waals surface area contributed by atoms with Crippen LogP contribution in [0.5, 0.6) is 17.2 Å². The van der Waals surface area contributed by atoms with Crippen LogP contribution in [0.1, 0.15) is 43.5 Å². The summed E-state index contributed by atoms with van der Waals surface area (Å²) in [6, 6.07) is 9.88. The molecule has 0 fully saturated rings. The van der Waals surface area contributed by atoms with E-state index >= 15 is 0 Å². The zero-order valence-corrected chi connectivity index (χ0v) is 14.7. The molecular weight excluding hydrogens is 300 g/mol. The predicted octanol–water partition coefficient (Wildman–Crippen LogP) is 5.91. The molecule has 0 spiro atoms. The van der Waals surface area contributed by atoms with E-state index in [0.29, 0.717) is 5.75 Å². The Kier molecular flexibility index (Phi) is 6.59. The van der Waals surface area contributed by atoms with Crippen LogP contribution in [0.15, 0.2) is 30.3 Å². The van der Waals surface area contributed by atoms with Crippen molar-refractivity contribution in [3.05, 3.63) is 52.6 Å². The molecule has 0 saturated heterocycles. The quantitative estimate of drug-likeness (QED) is 0.517. The van der Waals surface area contributed by atoms with Gasteiger partial charge in [-0.2, -0.15) is 0 Å². The van der Waals surface area contributed by atoms with Gasteiger partial charge in [0, 0.05) is 0 Å². The fourth-order valence-corrected chi connectivity index (χ4v) is 2.43. The minimum Gasteiger partial charge on any atom is -0.457 e. The van der Waals surface area contributed by atoms with Crippen LogP contribution in [-0.2, 0) is 4.79 Å². The number of hydrogen-bond acceptors (Lipinski definition) is 3. The van der Waals surface area contributed by atoms with Gasteiger partial charge in [-0.15, -0.1) is 0 Å². The minimum atomic E-state index is -0.223. The Hall–Kier alpha value is -2.29. The lowest BCUT2D eigenvalue weighted by Gasteiger charge is -2.16. The molecule has 0 heterocycles. The fraction of sp³-hybridized carbons (Fsp3) is 0.381. The molecule has 0 saturated carbocycles. The minimum absolute atomic E-state index is 0. The molecule has 0 bridgehead atoms. The molecule has 0 aliphatic rings. The maximum Gasteiger partial charge on any atom is 0.313 e. The van der Waals surface area contributed by atoms with Gasteiger partial charge in [-0.05, 0) is 62.1 Å². The SMILES string of the molecule is C.Cc1cc(Oc2c(C)cccc2C)cc(C)c1OC(=O)C(C)C. The van der Waals surface area contributed by atoms with Gasteiger partial charge in [-0.25, -0.2) is 0 Å². The van der Waals surface area contributed by atoms with E-state index in [1.165, 1.54) is 0 Å². The van der Waals surface area contributed by atoms with E-state index in [0.717, 1.165) is 33.8 Å². The molecule has 2 rings (SSSR count). The van der Waals surface area contributed by atoms with Gasteiger partial charge in [-0.1, -0.05) is 39.5 Å². The van der Waals surface area contributed by atoms with Crippen molar-refractivity contribution in [3.63, 3.8) is 0 Å². The third-order valence-electron chi connectivity index (χ3n) is 3.74. The number of carbonyl (C=O) groups excluding carboxylic acids is 1. The summed E-state index contributed by atoms with van der Waals surface area (Å²) in [5.74, 6) is 1.87. The van der Waals surface area contributed by atoms with Crippen LogP contribution in [0.4, 0.5) is 0 Å². The van der Waals surface area contributed by atoms with E-state index < -0.39 is 0 Å². The first-order valence-electron chi connectivity index (χ1n) is 7.86. The van der Waals surface area contributed by atoms with E-state index in [9.17, 15) is 4.79 Å². The summed E-state index contributed by atoms with van der Waals surface area (Å²) in [6.07, 6.45) is 0. The molecule has 0 aromatic heterocycles. The molecule has 2 aromatic carbocycles. The summed E-state index contributed by atoms with van der Waals surface area (Å²) in [6.45, 7) is 11.6. The molecule has 0 aliphatic heterocycles. The molecule has 24 heavy (non-hydrogen) atoms.